The lowest BCUT2D eigenvalue weighted by atomic mass is 10.2. The summed E-state index contributed by atoms with van der Waals surface area (Å²) < 4.78 is 1.85. The van der Waals surface area contributed by atoms with Crippen molar-refractivity contribution in [1.29, 1.82) is 0 Å². The third-order valence-corrected chi connectivity index (χ3v) is 4.33. The normalized spacial score (nSPS) is 17.1. The first-order chi connectivity index (χ1) is 11.5. The molecule has 6 heteroatoms. The number of aryl methyl sites for hydroxylation is 2. The highest BCUT2D eigenvalue weighted by Gasteiger charge is 2.32. The molecule has 0 radical (unpaired) electrons. The van der Waals surface area contributed by atoms with Crippen LogP contribution in [0.5, 0.6) is 0 Å². The van der Waals surface area contributed by atoms with Crippen LogP contribution in [0.4, 0.5) is 5.69 Å². The van der Waals surface area contributed by atoms with Crippen LogP contribution in [0.25, 0.3) is 5.69 Å². The van der Waals surface area contributed by atoms with Crippen LogP contribution in [-0.2, 0) is 9.59 Å². The van der Waals surface area contributed by atoms with Crippen molar-refractivity contribution in [2.24, 2.45) is 0 Å². The zero-order valence-corrected chi connectivity index (χ0v) is 14.2. The molecule has 1 aromatic carbocycles. The number of amides is 2. The van der Waals surface area contributed by atoms with Gasteiger partial charge in [-0.1, -0.05) is 6.07 Å². The predicted molar refractivity (Wildman–Crippen MR) is 92.1 cm³/mol. The number of carbonyl (C=O) groups excluding carboxylic acids is 2. The number of hydrogen-bond acceptors (Lipinski definition) is 3. The van der Waals surface area contributed by atoms with Crippen molar-refractivity contribution in [3.8, 4) is 5.69 Å². The Balaban J connectivity index is 1.79. The van der Waals surface area contributed by atoms with Crippen molar-refractivity contribution in [2.75, 3.05) is 11.9 Å². The fourth-order valence-electron chi connectivity index (χ4n) is 3.25. The number of rotatable bonds is 3. The molecule has 24 heavy (non-hydrogen) atoms. The van der Waals surface area contributed by atoms with Crippen LogP contribution in [0.1, 0.15) is 31.2 Å². The van der Waals surface area contributed by atoms with Crippen LogP contribution in [0.2, 0.25) is 0 Å². The first kappa shape index (κ1) is 16.2. The van der Waals surface area contributed by atoms with Crippen LogP contribution in [0.3, 0.4) is 0 Å². The highest BCUT2D eigenvalue weighted by atomic mass is 16.2. The van der Waals surface area contributed by atoms with E-state index in [0.717, 1.165) is 23.5 Å². The molecule has 0 bridgehead atoms. The van der Waals surface area contributed by atoms with E-state index >= 15 is 0 Å². The van der Waals surface area contributed by atoms with E-state index in [9.17, 15) is 9.59 Å². The smallest absolute Gasteiger partial charge is 0.247 e. The lowest BCUT2D eigenvalue weighted by Gasteiger charge is -2.22. The summed E-state index contributed by atoms with van der Waals surface area (Å²) in [7, 11) is 0. The van der Waals surface area contributed by atoms with Gasteiger partial charge in [0.05, 0.1) is 11.4 Å². The second-order valence-electron chi connectivity index (χ2n) is 6.25. The molecule has 3 rings (SSSR count). The summed E-state index contributed by atoms with van der Waals surface area (Å²) in [5, 5.41) is 7.40. The first-order valence-electron chi connectivity index (χ1n) is 8.17. The SMILES string of the molecule is CC(=O)N1CCCC1C(=O)Nc1cccc(-n2nc(C)cc2C)c1. The van der Waals surface area contributed by atoms with E-state index in [4.69, 9.17) is 0 Å². The predicted octanol–water partition coefficient (Wildman–Crippen LogP) is 2.44. The molecule has 6 nitrogen and oxygen atoms in total. The summed E-state index contributed by atoms with van der Waals surface area (Å²) in [4.78, 5) is 25.8. The Kier molecular flexibility index (Phi) is 4.38. The lowest BCUT2D eigenvalue weighted by molar-refractivity contribution is -0.134. The molecule has 1 fully saturated rings. The number of anilines is 1. The average Bonchev–Trinajstić information content (AvgIpc) is 3.14. The van der Waals surface area contributed by atoms with Gasteiger partial charge in [-0.2, -0.15) is 5.10 Å². The van der Waals surface area contributed by atoms with Crippen molar-refractivity contribution in [1.82, 2.24) is 14.7 Å². The molecule has 1 atom stereocenters. The third-order valence-electron chi connectivity index (χ3n) is 4.33. The van der Waals surface area contributed by atoms with Gasteiger partial charge in [-0.15, -0.1) is 0 Å². The van der Waals surface area contributed by atoms with Crippen molar-refractivity contribution >= 4 is 17.5 Å². The first-order valence-corrected chi connectivity index (χ1v) is 8.17. The van der Waals surface area contributed by atoms with Gasteiger partial charge < -0.3 is 10.2 Å². The number of likely N-dealkylation sites (tertiary alicyclic amines) is 1. The topological polar surface area (TPSA) is 67.2 Å². The van der Waals surface area contributed by atoms with E-state index in [1.165, 1.54) is 6.92 Å². The largest absolute Gasteiger partial charge is 0.331 e. The lowest BCUT2D eigenvalue weighted by Crippen LogP contribution is -2.42. The molecule has 2 heterocycles. The molecule has 0 spiro atoms. The molecule has 2 amide bonds. The minimum atomic E-state index is -0.375. The van der Waals surface area contributed by atoms with Crippen LogP contribution < -0.4 is 5.32 Å². The summed E-state index contributed by atoms with van der Waals surface area (Å²) in [6.45, 7) is 6.11. The summed E-state index contributed by atoms with van der Waals surface area (Å²) in [6.07, 6.45) is 1.58. The van der Waals surface area contributed by atoms with Gasteiger partial charge in [0, 0.05) is 24.8 Å². The van der Waals surface area contributed by atoms with E-state index in [1.54, 1.807) is 4.90 Å². The van der Waals surface area contributed by atoms with Crippen LogP contribution in [-0.4, -0.2) is 39.1 Å². The molecule has 1 saturated heterocycles. The molecule has 1 aliphatic rings. The molecule has 126 valence electrons. The van der Waals surface area contributed by atoms with Gasteiger partial charge in [-0.25, -0.2) is 4.68 Å². The van der Waals surface area contributed by atoms with E-state index in [0.29, 0.717) is 18.7 Å². The second kappa shape index (κ2) is 6.47. The maximum atomic E-state index is 12.5. The molecule has 2 aromatic rings. The molecule has 1 aromatic heterocycles. The summed E-state index contributed by atoms with van der Waals surface area (Å²) in [5.74, 6) is -0.183. The molecule has 0 aliphatic carbocycles. The molecule has 1 aliphatic heterocycles. The highest BCUT2D eigenvalue weighted by molar-refractivity contribution is 5.97. The quantitative estimate of drug-likeness (QED) is 0.942. The zero-order chi connectivity index (χ0) is 17.3. The van der Waals surface area contributed by atoms with Crippen LogP contribution in [0, 0.1) is 13.8 Å². The molecule has 0 saturated carbocycles. The van der Waals surface area contributed by atoms with Gasteiger partial charge in [-0.05, 0) is 51.0 Å². The minimum Gasteiger partial charge on any atom is -0.331 e. The number of nitrogens with zero attached hydrogens (tertiary/aromatic N) is 3. The second-order valence-corrected chi connectivity index (χ2v) is 6.25. The molecular formula is C18H22N4O2. The Hall–Kier alpha value is -2.63. The fraction of sp³-hybridized carbons (Fsp3) is 0.389. The van der Waals surface area contributed by atoms with Crippen molar-refractivity contribution < 1.29 is 9.59 Å². The van der Waals surface area contributed by atoms with E-state index in [-0.39, 0.29) is 17.9 Å². The number of nitrogens with one attached hydrogen (secondary N) is 1. The summed E-state index contributed by atoms with van der Waals surface area (Å²) in [5.41, 5.74) is 3.59. The van der Waals surface area contributed by atoms with Gasteiger partial charge in [0.1, 0.15) is 6.04 Å². The van der Waals surface area contributed by atoms with E-state index in [2.05, 4.69) is 10.4 Å². The Labute approximate surface area is 141 Å². The zero-order valence-electron chi connectivity index (χ0n) is 14.2. The van der Waals surface area contributed by atoms with Crippen molar-refractivity contribution in [3.05, 3.63) is 41.7 Å². The van der Waals surface area contributed by atoms with Gasteiger partial charge in [-0.3, -0.25) is 9.59 Å². The van der Waals surface area contributed by atoms with Crippen LogP contribution >= 0.6 is 0 Å². The number of aromatic nitrogens is 2. The number of hydrogen-bond donors (Lipinski definition) is 1. The van der Waals surface area contributed by atoms with Crippen molar-refractivity contribution in [2.45, 2.75) is 39.7 Å². The Bertz CT molecular complexity index is 781. The van der Waals surface area contributed by atoms with Crippen molar-refractivity contribution in [3.63, 3.8) is 0 Å². The molecule has 1 N–H and O–H groups in total. The fourth-order valence-corrected chi connectivity index (χ4v) is 3.25. The van der Waals surface area contributed by atoms with E-state index in [1.807, 2.05) is 48.9 Å². The van der Waals surface area contributed by atoms with Gasteiger partial charge in [0.15, 0.2) is 0 Å². The Morgan fingerprint density at radius 1 is 1.25 bits per heavy atom. The average molecular weight is 326 g/mol. The standard InChI is InChI=1S/C18H22N4O2/c1-12-10-13(2)22(20-12)16-7-4-6-15(11-16)19-18(24)17-8-5-9-21(17)14(3)23/h4,6-7,10-11,17H,5,8-9H2,1-3H3,(H,19,24). The van der Waals surface area contributed by atoms with E-state index < -0.39 is 0 Å². The maximum absolute atomic E-state index is 12.5. The number of carbonyl (C=O) groups is 2. The van der Waals surface area contributed by atoms with Gasteiger partial charge in [0.2, 0.25) is 11.8 Å². The van der Waals surface area contributed by atoms with Crippen LogP contribution in [0.15, 0.2) is 30.3 Å². The third kappa shape index (κ3) is 3.18. The van der Waals surface area contributed by atoms with Gasteiger partial charge >= 0.3 is 0 Å². The molecule has 1 unspecified atom stereocenters. The summed E-state index contributed by atoms with van der Waals surface area (Å²) >= 11 is 0. The minimum absolute atomic E-state index is 0.0518. The van der Waals surface area contributed by atoms with Gasteiger partial charge in [0.25, 0.3) is 0 Å². The monoisotopic (exact) mass is 326 g/mol. The Morgan fingerprint density at radius 2 is 2.04 bits per heavy atom. The molecular weight excluding hydrogens is 304 g/mol. The summed E-state index contributed by atoms with van der Waals surface area (Å²) in [6, 6.07) is 9.21. The maximum Gasteiger partial charge on any atom is 0.247 e. The number of benzene rings is 1. The Morgan fingerprint density at radius 3 is 2.71 bits per heavy atom. The highest BCUT2D eigenvalue weighted by Crippen LogP contribution is 2.21.